The summed E-state index contributed by atoms with van der Waals surface area (Å²) >= 11 is 0. The summed E-state index contributed by atoms with van der Waals surface area (Å²) in [6.45, 7) is 1.91. The number of carboxylic acid groups (broad SMARTS) is 1. The highest BCUT2D eigenvalue weighted by molar-refractivity contribution is 6.21. The molecule has 5 rings (SSSR count). The Morgan fingerprint density at radius 2 is 1.97 bits per heavy atom. The van der Waals surface area contributed by atoms with Crippen molar-refractivity contribution in [3.63, 3.8) is 0 Å². The molecule has 0 saturated carbocycles. The number of furan rings is 1. The third-order valence-corrected chi connectivity index (χ3v) is 6.21. The molecule has 0 aliphatic carbocycles. The van der Waals surface area contributed by atoms with Crippen LogP contribution in [0.5, 0.6) is 5.75 Å². The third-order valence-electron chi connectivity index (χ3n) is 6.21. The van der Waals surface area contributed by atoms with Crippen LogP contribution in [0.4, 0.5) is 21.8 Å². The van der Waals surface area contributed by atoms with Gasteiger partial charge in [0.1, 0.15) is 5.82 Å². The molecular weight excluding hydrogens is 495 g/mol. The maximum Gasteiger partial charge on any atom is 0.347 e. The third kappa shape index (κ3) is 6.24. The van der Waals surface area contributed by atoms with Crippen molar-refractivity contribution in [3.05, 3.63) is 65.3 Å². The normalized spacial score (nSPS) is 16.0. The highest BCUT2D eigenvalue weighted by Gasteiger charge is 2.28. The highest BCUT2D eigenvalue weighted by atomic mass is 19.1. The molecule has 0 radical (unpaired) electrons. The van der Waals surface area contributed by atoms with Crippen LogP contribution in [-0.2, 0) is 9.53 Å². The van der Waals surface area contributed by atoms with Crippen molar-refractivity contribution in [3.8, 4) is 5.75 Å². The number of esters is 1. The molecule has 10 nitrogen and oxygen atoms in total. The van der Waals surface area contributed by atoms with E-state index in [0.717, 1.165) is 31.5 Å². The number of allylic oxidation sites excluding steroid dienone is 1. The van der Waals surface area contributed by atoms with Gasteiger partial charge in [-0.2, -0.15) is 0 Å². The van der Waals surface area contributed by atoms with Gasteiger partial charge in [-0.1, -0.05) is 0 Å². The number of nitrogens with one attached hydrogen (secondary N) is 1. The number of likely N-dealkylation sites (tertiary alicyclic amines) is 1. The molecule has 198 valence electrons. The van der Waals surface area contributed by atoms with E-state index in [-0.39, 0.29) is 42.0 Å². The molecule has 2 aromatic heterocycles. The lowest BCUT2D eigenvalue weighted by atomic mass is 9.98. The van der Waals surface area contributed by atoms with Crippen LogP contribution in [0.2, 0.25) is 0 Å². The van der Waals surface area contributed by atoms with E-state index in [1.807, 2.05) is 6.07 Å². The second kappa shape index (κ2) is 12.2. The van der Waals surface area contributed by atoms with E-state index in [4.69, 9.17) is 19.1 Å². The predicted molar refractivity (Wildman–Crippen MR) is 140 cm³/mol. The monoisotopic (exact) mass is 522 g/mol. The number of carbonyl (C=O) groups excluding carboxylic acids is 1. The molecule has 0 unspecified atom stereocenters. The summed E-state index contributed by atoms with van der Waals surface area (Å²) in [5.74, 6) is -0.531. The maximum absolute atomic E-state index is 13.4. The molecule has 0 spiro atoms. The standard InChI is InChI=1S/C26H25FN4O4.CH2O2/c1-31-11-8-16(9-12-31)15-34-26(33)22-23(32)21(13-17-14-29-24-20(17)3-2-10-28-24)35-25(22)30-19-6-4-18(27)5-7-19;2-1-3/h2-7,10,13-14,16,30,32H,8-9,11-12,15H2,1H3;1H,(H,2,3). The minimum absolute atomic E-state index is 0.00989. The van der Waals surface area contributed by atoms with Gasteiger partial charge in [0.25, 0.3) is 6.47 Å². The number of carbonyl (C=O) groups is 2. The van der Waals surface area contributed by atoms with Crippen molar-refractivity contribution in [1.82, 2.24) is 9.88 Å². The molecule has 1 aromatic carbocycles. The van der Waals surface area contributed by atoms with E-state index in [0.29, 0.717) is 17.1 Å². The van der Waals surface area contributed by atoms with Gasteiger partial charge >= 0.3 is 5.97 Å². The summed E-state index contributed by atoms with van der Waals surface area (Å²) in [6.07, 6.45) is 6.73. The number of halogens is 1. The van der Waals surface area contributed by atoms with Crippen molar-refractivity contribution in [2.45, 2.75) is 12.8 Å². The number of aromatic hydroxyl groups is 1. The second-order valence-corrected chi connectivity index (χ2v) is 8.83. The number of pyridine rings is 1. The minimum Gasteiger partial charge on any atom is -0.504 e. The number of aliphatic imine (C=N–C) groups is 1. The van der Waals surface area contributed by atoms with Gasteiger partial charge in [-0.3, -0.25) is 4.79 Å². The Morgan fingerprint density at radius 1 is 1.26 bits per heavy atom. The SMILES string of the molecule is CN1CCC(COC(=O)c2c(Nc3ccc(F)cc3)oc(C=C3C=Nc4ncccc43)c2O)CC1.O=CO. The van der Waals surface area contributed by atoms with Crippen molar-refractivity contribution in [2.75, 3.05) is 32.1 Å². The predicted octanol–water partition coefficient (Wildman–Crippen LogP) is 4.72. The molecule has 0 amide bonds. The van der Waals surface area contributed by atoms with E-state index in [2.05, 4.69) is 27.2 Å². The lowest BCUT2D eigenvalue weighted by Crippen LogP contribution is -2.32. The van der Waals surface area contributed by atoms with Crippen molar-refractivity contribution < 1.29 is 33.3 Å². The fourth-order valence-corrected chi connectivity index (χ4v) is 4.16. The number of hydrogen-bond acceptors (Lipinski definition) is 9. The van der Waals surface area contributed by atoms with E-state index >= 15 is 0 Å². The Kier molecular flexibility index (Phi) is 8.49. The molecule has 0 atom stereocenters. The van der Waals surface area contributed by atoms with Crippen LogP contribution >= 0.6 is 0 Å². The summed E-state index contributed by atoms with van der Waals surface area (Å²) in [7, 11) is 2.07. The van der Waals surface area contributed by atoms with Crippen molar-refractivity contribution in [1.29, 1.82) is 0 Å². The lowest BCUT2D eigenvalue weighted by molar-refractivity contribution is -0.122. The van der Waals surface area contributed by atoms with Crippen LogP contribution in [0.25, 0.3) is 11.6 Å². The average Bonchev–Trinajstić information content (AvgIpc) is 3.46. The Bertz CT molecular complexity index is 1340. The summed E-state index contributed by atoms with van der Waals surface area (Å²) < 4.78 is 24.8. The zero-order valence-electron chi connectivity index (χ0n) is 20.6. The number of anilines is 2. The Morgan fingerprint density at radius 3 is 2.68 bits per heavy atom. The first kappa shape index (κ1) is 26.6. The number of fused-ring (bicyclic) bond motifs is 1. The molecule has 0 bridgehead atoms. The molecular formula is C27H27FN4O6. The Balaban J connectivity index is 0.00000107. The molecule has 2 aliphatic heterocycles. The van der Waals surface area contributed by atoms with Gasteiger partial charge in [0.15, 0.2) is 22.9 Å². The molecule has 1 saturated heterocycles. The molecule has 11 heteroatoms. The maximum atomic E-state index is 13.4. The largest absolute Gasteiger partial charge is 0.504 e. The highest BCUT2D eigenvalue weighted by Crippen LogP contribution is 2.39. The summed E-state index contributed by atoms with van der Waals surface area (Å²) in [5, 5.41) is 20.8. The Labute approximate surface area is 218 Å². The molecule has 3 N–H and O–H groups in total. The fourth-order valence-electron chi connectivity index (χ4n) is 4.16. The molecule has 1 fully saturated rings. The number of rotatable bonds is 6. The average molecular weight is 523 g/mol. The number of hydrogen-bond donors (Lipinski definition) is 3. The molecule has 3 aromatic rings. The van der Waals surface area contributed by atoms with Crippen LogP contribution in [0.1, 0.15) is 34.5 Å². The summed E-state index contributed by atoms with van der Waals surface area (Å²) in [6, 6.07) is 9.22. The van der Waals surface area contributed by atoms with Crippen LogP contribution in [-0.4, -0.2) is 65.5 Å². The fraction of sp³-hybridized carbons (Fsp3) is 0.259. The molecule has 4 heterocycles. The first-order valence-electron chi connectivity index (χ1n) is 11.9. The first-order valence-corrected chi connectivity index (χ1v) is 11.9. The van der Waals surface area contributed by atoms with E-state index < -0.39 is 11.8 Å². The van der Waals surface area contributed by atoms with Crippen LogP contribution in [0.15, 0.2) is 52.0 Å². The van der Waals surface area contributed by atoms with Gasteiger partial charge in [-0.25, -0.2) is 19.2 Å². The van der Waals surface area contributed by atoms with Gasteiger partial charge in [-0.15, -0.1) is 0 Å². The Hall–Kier alpha value is -4.51. The van der Waals surface area contributed by atoms with Crippen LogP contribution in [0.3, 0.4) is 0 Å². The number of ether oxygens (including phenoxy) is 1. The van der Waals surface area contributed by atoms with Gasteiger partial charge < -0.3 is 29.6 Å². The van der Waals surface area contributed by atoms with Crippen molar-refractivity contribution >= 4 is 47.7 Å². The lowest BCUT2D eigenvalue weighted by Gasteiger charge is -2.28. The number of nitrogens with zero attached hydrogens (tertiary/aromatic N) is 3. The second-order valence-electron chi connectivity index (χ2n) is 8.83. The minimum atomic E-state index is -0.693. The van der Waals surface area contributed by atoms with E-state index in [1.165, 1.54) is 24.3 Å². The van der Waals surface area contributed by atoms with E-state index in [9.17, 15) is 14.3 Å². The van der Waals surface area contributed by atoms with Gasteiger partial charge in [0, 0.05) is 29.2 Å². The number of benzene rings is 1. The smallest absolute Gasteiger partial charge is 0.347 e. The number of piperidine rings is 1. The summed E-state index contributed by atoms with van der Waals surface area (Å²) in [4.78, 5) is 32.1. The van der Waals surface area contributed by atoms with Gasteiger partial charge in [0.2, 0.25) is 5.88 Å². The van der Waals surface area contributed by atoms with Crippen LogP contribution < -0.4 is 5.32 Å². The quantitative estimate of drug-likeness (QED) is 0.310. The van der Waals surface area contributed by atoms with Crippen molar-refractivity contribution in [2.24, 2.45) is 10.9 Å². The topological polar surface area (TPSA) is 137 Å². The van der Waals surface area contributed by atoms with Gasteiger partial charge in [0.05, 0.1) is 6.61 Å². The zero-order valence-corrected chi connectivity index (χ0v) is 20.6. The molecule has 38 heavy (non-hydrogen) atoms. The summed E-state index contributed by atoms with van der Waals surface area (Å²) in [5.41, 5.74) is 1.83. The molecule has 2 aliphatic rings. The first-order chi connectivity index (χ1) is 18.4. The van der Waals surface area contributed by atoms with Gasteiger partial charge in [-0.05, 0) is 81.4 Å². The van der Waals surface area contributed by atoms with E-state index in [1.54, 1.807) is 24.6 Å². The number of aromatic nitrogens is 1. The zero-order chi connectivity index (χ0) is 27.1. The van der Waals surface area contributed by atoms with Crippen LogP contribution in [0, 0.1) is 11.7 Å².